The number of carbonyl (C=O) groups is 1. The van der Waals surface area contributed by atoms with Crippen LogP contribution in [-0.2, 0) is 9.53 Å². The van der Waals surface area contributed by atoms with Crippen molar-refractivity contribution in [2.75, 3.05) is 20.6 Å². The lowest BCUT2D eigenvalue weighted by Gasteiger charge is -2.18. The summed E-state index contributed by atoms with van der Waals surface area (Å²) in [6.07, 6.45) is 19.4. The number of rotatable bonds is 19. The Morgan fingerprint density at radius 3 is 1.65 bits per heavy atom. The normalized spacial score (nSPS) is 12.5. The highest BCUT2D eigenvalue weighted by Gasteiger charge is 2.14. The first kappa shape index (κ1) is 25.4. The summed E-state index contributed by atoms with van der Waals surface area (Å²) in [4.78, 5) is 14.3. The van der Waals surface area contributed by atoms with Crippen LogP contribution in [0.4, 0.5) is 0 Å². The molecule has 0 aromatic carbocycles. The maximum absolute atomic E-state index is 12.1. The van der Waals surface area contributed by atoms with Gasteiger partial charge in [0.1, 0.15) is 6.10 Å². The van der Waals surface area contributed by atoms with Gasteiger partial charge in [0.2, 0.25) is 0 Å². The van der Waals surface area contributed by atoms with E-state index in [9.17, 15) is 4.79 Å². The van der Waals surface area contributed by atoms with E-state index in [1.54, 1.807) is 0 Å². The molecule has 0 fully saturated rings. The van der Waals surface area contributed by atoms with Crippen LogP contribution in [0, 0.1) is 0 Å². The lowest BCUT2D eigenvalue weighted by Crippen LogP contribution is -2.20. The molecule has 26 heavy (non-hydrogen) atoms. The standard InChI is InChI=1S/C23H47NO2/c1-5-7-9-11-12-14-16-19-22(18-15-13-10-8-6-2)26-23(25)20-17-21-24(3)4/h22H,5-21H2,1-4H3. The molecule has 0 aliphatic rings. The highest BCUT2D eigenvalue weighted by atomic mass is 16.5. The largest absolute Gasteiger partial charge is 0.462 e. The molecule has 1 unspecified atom stereocenters. The summed E-state index contributed by atoms with van der Waals surface area (Å²) in [5.41, 5.74) is 0. The molecule has 0 amide bonds. The zero-order valence-electron chi connectivity index (χ0n) is 18.4. The minimum absolute atomic E-state index is 0.00774. The Balaban J connectivity index is 4.01. The van der Waals surface area contributed by atoms with Crippen molar-refractivity contribution >= 4 is 5.97 Å². The molecule has 0 aliphatic carbocycles. The van der Waals surface area contributed by atoms with Gasteiger partial charge >= 0.3 is 5.97 Å². The molecular formula is C23H47NO2. The van der Waals surface area contributed by atoms with Gasteiger partial charge in [0.25, 0.3) is 0 Å². The monoisotopic (exact) mass is 369 g/mol. The first-order valence-corrected chi connectivity index (χ1v) is 11.4. The molecule has 0 spiro atoms. The van der Waals surface area contributed by atoms with Gasteiger partial charge in [-0.15, -0.1) is 0 Å². The zero-order valence-corrected chi connectivity index (χ0v) is 18.4. The predicted octanol–water partition coefficient (Wildman–Crippen LogP) is 6.74. The molecule has 1 atom stereocenters. The van der Waals surface area contributed by atoms with Crippen LogP contribution in [0.5, 0.6) is 0 Å². The molecule has 0 aliphatic heterocycles. The van der Waals surface area contributed by atoms with E-state index in [0.717, 1.165) is 25.8 Å². The van der Waals surface area contributed by atoms with Crippen molar-refractivity contribution in [2.24, 2.45) is 0 Å². The lowest BCUT2D eigenvalue weighted by atomic mass is 10.0. The fourth-order valence-corrected chi connectivity index (χ4v) is 3.35. The number of nitrogens with zero attached hydrogens (tertiary/aromatic N) is 1. The Kier molecular flexibility index (Phi) is 18.8. The summed E-state index contributed by atoms with van der Waals surface area (Å²) in [6.45, 7) is 5.46. The molecule has 0 aromatic rings. The number of ether oxygens (including phenoxy) is 1. The van der Waals surface area contributed by atoms with E-state index in [1.165, 1.54) is 77.0 Å². The second-order valence-electron chi connectivity index (χ2n) is 8.13. The van der Waals surface area contributed by atoms with Gasteiger partial charge in [0, 0.05) is 6.42 Å². The van der Waals surface area contributed by atoms with E-state index < -0.39 is 0 Å². The van der Waals surface area contributed by atoms with Crippen LogP contribution in [-0.4, -0.2) is 37.6 Å². The van der Waals surface area contributed by atoms with E-state index in [2.05, 4.69) is 18.7 Å². The van der Waals surface area contributed by atoms with Crippen LogP contribution in [0.2, 0.25) is 0 Å². The van der Waals surface area contributed by atoms with Crippen LogP contribution in [0.1, 0.15) is 117 Å². The molecule has 0 saturated heterocycles. The Labute approximate surface area is 164 Å². The van der Waals surface area contributed by atoms with Gasteiger partial charge in [-0.3, -0.25) is 4.79 Å². The summed E-state index contributed by atoms with van der Waals surface area (Å²) in [5.74, 6) is 0.00774. The highest BCUT2D eigenvalue weighted by Crippen LogP contribution is 2.17. The molecule has 0 N–H and O–H groups in total. The van der Waals surface area contributed by atoms with Crippen LogP contribution >= 0.6 is 0 Å². The molecule has 156 valence electrons. The van der Waals surface area contributed by atoms with E-state index in [4.69, 9.17) is 4.74 Å². The fraction of sp³-hybridized carbons (Fsp3) is 0.957. The molecule has 0 rings (SSSR count). The quantitative estimate of drug-likeness (QED) is 0.186. The molecular weight excluding hydrogens is 322 g/mol. The number of carbonyl (C=O) groups excluding carboxylic acids is 1. The SMILES string of the molecule is CCCCCCCCCC(CCCCCCC)OC(=O)CCCN(C)C. The first-order valence-electron chi connectivity index (χ1n) is 11.4. The third-order valence-electron chi connectivity index (χ3n) is 5.04. The van der Waals surface area contributed by atoms with Crippen molar-refractivity contribution in [1.29, 1.82) is 0 Å². The van der Waals surface area contributed by atoms with Crippen molar-refractivity contribution in [1.82, 2.24) is 4.90 Å². The minimum Gasteiger partial charge on any atom is -0.462 e. The van der Waals surface area contributed by atoms with E-state index in [0.29, 0.717) is 6.42 Å². The van der Waals surface area contributed by atoms with Crippen molar-refractivity contribution in [2.45, 2.75) is 123 Å². The van der Waals surface area contributed by atoms with E-state index in [-0.39, 0.29) is 12.1 Å². The third-order valence-corrected chi connectivity index (χ3v) is 5.04. The summed E-state index contributed by atoms with van der Waals surface area (Å²) < 4.78 is 5.83. The highest BCUT2D eigenvalue weighted by molar-refractivity contribution is 5.69. The maximum Gasteiger partial charge on any atom is 0.306 e. The maximum atomic E-state index is 12.1. The average molecular weight is 370 g/mol. The van der Waals surface area contributed by atoms with Gasteiger partial charge in [-0.2, -0.15) is 0 Å². The Bertz CT molecular complexity index is 305. The second kappa shape index (κ2) is 19.2. The molecule has 0 heterocycles. The third kappa shape index (κ3) is 18.2. The predicted molar refractivity (Wildman–Crippen MR) is 114 cm³/mol. The smallest absolute Gasteiger partial charge is 0.306 e. The number of esters is 1. The average Bonchev–Trinajstić information content (AvgIpc) is 2.60. The fourth-order valence-electron chi connectivity index (χ4n) is 3.35. The van der Waals surface area contributed by atoms with Crippen LogP contribution in [0.3, 0.4) is 0 Å². The Morgan fingerprint density at radius 2 is 1.19 bits per heavy atom. The summed E-state index contributed by atoms with van der Waals surface area (Å²) in [5, 5.41) is 0. The van der Waals surface area contributed by atoms with E-state index >= 15 is 0 Å². The molecule has 0 aromatic heterocycles. The second-order valence-corrected chi connectivity index (χ2v) is 8.13. The van der Waals surface area contributed by atoms with Crippen molar-refractivity contribution in [3.63, 3.8) is 0 Å². The Morgan fingerprint density at radius 1 is 0.731 bits per heavy atom. The van der Waals surface area contributed by atoms with Gasteiger partial charge in [0.05, 0.1) is 0 Å². The van der Waals surface area contributed by atoms with Crippen molar-refractivity contribution in [3.05, 3.63) is 0 Å². The van der Waals surface area contributed by atoms with Gasteiger partial charge in [-0.25, -0.2) is 0 Å². The topological polar surface area (TPSA) is 29.5 Å². The molecule has 3 heteroatoms. The van der Waals surface area contributed by atoms with Crippen LogP contribution in [0.15, 0.2) is 0 Å². The van der Waals surface area contributed by atoms with Gasteiger partial charge in [0.15, 0.2) is 0 Å². The van der Waals surface area contributed by atoms with Gasteiger partial charge < -0.3 is 9.64 Å². The van der Waals surface area contributed by atoms with Crippen molar-refractivity contribution in [3.8, 4) is 0 Å². The lowest BCUT2D eigenvalue weighted by molar-refractivity contribution is -0.150. The zero-order chi connectivity index (χ0) is 19.5. The summed E-state index contributed by atoms with van der Waals surface area (Å²) in [7, 11) is 4.09. The molecule has 0 radical (unpaired) electrons. The van der Waals surface area contributed by atoms with Crippen molar-refractivity contribution < 1.29 is 9.53 Å². The summed E-state index contributed by atoms with van der Waals surface area (Å²) in [6, 6.07) is 0. The summed E-state index contributed by atoms with van der Waals surface area (Å²) >= 11 is 0. The first-order chi connectivity index (χ1) is 12.6. The molecule has 0 bridgehead atoms. The van der Waals surface area contributed by atoms with Gasteiger partial charge in [-0.05, 0) is 52.7 Å². The number of hydrogen-bond acceptors (Lipinski definition) is 3. The number of hydrogen-bond donors (Lipinski definition) is 0. The van der Waals surface area contributed by atoms with Crippen LogP contribution < -0.4 is 0 Å². The Hall–Kier alpha value is -0.570. The molecule has 3 nitrogen and oxygen atoms in total. The number of unbranched alkanes of at least 4 members (excludes halogenated alkanes) is 10. The van der Waals surface area contributed by atoms with E-state index in [1.807, 2.05) is 14.1 Å². The minimum atomic E-state index is 0.00774. The molecule has 0 saturated carbocycles. The van der Waals surface area contributed by atoms with Crippen LogP contribution in [0.25, 0.3) is 0 Å². The van der Waals surface area contributed by atoms with Gasteiger partial charge in [-0.1, -0.05) is 78.1 Å².